The maximum Gasteiger partial charge on any atom is 0.410 e. The van der Waals surface area contributed by atoms with Gasteiger partial charge in [0.15, 0.2) is 11.5 Å². The van der Waals surface area contributed by atoms with E-state index in [1.54, 1.807) is 17.2 Å². The Kier molecular flexibility index (Phi) is 10.4. The summed E-state index contributed by atoms with van der Waals surface area (Å²) in [5.41, 5.74) is 1.48. The van der Waals surface area contributed by atoms with Crippen molar-refractivity contribution >= 4 is 47.0 Å². The summed E-state index contributed by atoms with van der Waals surface area (Å²) in [4.78, 5) is 29.9. The first kappa shape index (κ1) is 32.8. The molecule has 0 radical (unpaired) electrons. The molecule has 12 heteroatoms. The molecular weight excluding hydrogens is 615 g/mol. The molecule has 5 rings (SSSR count). The van der Waals surface area contributed by atoms with Crippen molar-refractivity contribution in [1.82, 2.24) is 19.8 Å². The molecule has 1 saturated heterocycles. The zero-order valence-corrected chi connectivity index (χ0v) is 27.7. The van der Waals surface area contributed by atoms with E-state index in [-0.39, 0.29) is 11.7 Å². The molecule has 0 spiro atoms. The first-order valence-electron chi connectivity index (χ1n) is 15.2. The van der Waals surface area contributed by atoms with Gasteiger partial charge in [-0.05, 0) is 76.4 Å². The van der Waals surface area contributed by atoms with E-state index < -0.39 is 5.60 Å². The van der Waals surface area contributed by atoms with Gasteiger partial charge in [0.25, 0.3) is 0 Å². The molecule has 1 saturated carbocycles. The molecule has 0 atom stereocenters. The van der Waals surface area contributed by atoms with Gasteiger partial charge in [-0.2, -0.15) is 4.98 Å². The van der Waals surface area contributed by atoms with Crippen LogP contribution in [0.1, 0.15) is 51.7 Å². The Morgan fingerprint density at radius 3 is 2.56 bits per heavy atom. The maximum atomic E-state index is 12.3. The fourth-order valence-corrected chi connectivity index (χ4v) is 5.07. The summed E-state index contributed by atoms with van der Waals surface area (Å²) >= 11 is 12.8. The van der Waals surface area contributed by atoms with Gasteiger partial charge in [-0.1, -0.05) is 35.3 Å². The molecule has 2 aromatic carbocycles. The van der Waals surface area contributed by atoms with Gasteiger partial charge in [-0.3, -0.25) is 4.90 Å². The molecule has 45 heavy (non-hydrogen) atoms. The Bertz CT molecular complexity index is 1520. The van der Waals surface area contributed by atoms with Crippen molar-refractivity contribution in [2.24, 2.45) is 4.99 Å². The van der Waals surface area contributed by atoms with Crippen molar-refractivity contribution in [3.8, 4) is 11.6 Å². The van der Waals surface area contributed by atoms with Gasteiger partial charge < -0.3 is 24.4 Å². The molecule has 1 amide bonds. The summed E-state index contributed by atoms with van der Waals surface area (Å²) in [6.45, 7) is 12.2. The highest BCUT2D eigenvalue weighted by Gasteiger charge is 2.41. The molecule has 10 nitrogen and oxygen atoms in total. The van der Waals surface area contributed by atoms with E-state index in [1.165, 1.54) is 6.33 Å². The van der Waals surface area contributed by atoms with E-state index in [0.717, 1.165) is 43.6 Å². The number of halogens is 2. The van der Waals surface area contributed by atoms with Crippen LogP contribution in [0.15, 0.2) is 53.8 Å². The lowest BCUT2D eigenvalue weighted by molar-refractivity contribution is 0.0137. The van der Waals surface area contributed by atoms with Gasteiger partial charge >= 0.3 is 6.09 Å². The van der Waals surface area contributed by atoms with E-state index in [4.69, 9.17) is 42.4 Å². The van der Waals surface area contributed by atoms with E-state index in [1.807, 2.05) is 57.2 Å². The number of carbonyl (C=O) groups excluding carboxylic acids is 1. The number of carbonyl (C=O) groups is 1. The van der Waals surface area contributed by atoms with Crippen LogP contribution in [0.3, 0.4) is 0 Å². The fourth-order valence-electron chi connectivity index (χ4n) is 4.64. The van der Waals surface area contributed by atoms with Crippen LogP contribution in [0.5, 0.6) is 11.6 Å². The topological polar surface area (TPSA) is 101 Å². The number of hydrogen-bond acceptors (Lipinski definition) is 9. The number of benzene rings is 2. The molecule has 1 N–H and O–H groups in total. The summed E-state index contributed by atoms with van der Waals surface area (Å²) in [5.74, 6) is 1.63. The van der Waals surface area contributed by atoms with Gasteiger partial charge in [0.1, 0.15) is 29.9 Å². The first-order chi connectivity index (χ1) is 21.5. The van der Waals surface area contributed by atoms with Crippen LogP contribution in [-0.2, 0) is 11.3 Å². The predicted molar refractivity (Wildman–Crippen MR) is 178 cm³/mol. The van der Waals surface area contributed by atoms with Gasteiger partial charge in [0, 0.05) is 56.1 Å². The van der Waals surface area contributed by atoms with Crippen molar-refractivity contribution in [2.45, 2.75) is 58.3 Å². The lowest BCUT2D eigenvalue weighted by Crippen LogP contribution is -2.50. The highest BCUT2D eigenvalue weighted by atomic mass is 35.5. The number of amides is 1. The standard InChI is InChI=1S/C33H40Cl2N6O4/c1-32(2,3)45-31(42)41-14-12-40(13-15-41)16-17-43-26-9-8-24(27(35)19-26)21-36-28-29(37-20-23-6-5-7-25(34)18-23)38-22-39-30(28)44-33(4)10-11-33/h5-9,18-19,21-22H,10-17,20H2,1-4H3,(H,37,38,39). The summed E-state index contributed by atoms with van der Waals surface area (Å²) < 4.78 is 17.7. The molecule has 1 aliphatic heterocycles. The number of aliphatic imine (C=N–C) groups is 1. The Hall–Kier alpha value is -3.60. The minimum Gasteiger partial charge on any atom is -0.492 e. The maximum absolute atomic E-state index is 12.3. The van der Waals surface area contributed by atoms with Crippen LogP contribution < -0.4 is 14.8 Å². The summed E-state index contributed by atoms with van der Waals surface area (Å²) in [6.07, 6.45) is 4.81. The van der Waals surface area contributed by atoms with Crippen molar-refractivity contribution in [2.75, 3.05) is 44.6 Å². The summed E-state index contributed by atoms with van der Waals surface area (Å²) in [6, 6.07) is 13.2. The van der Waals surface area contributed by atoms with Gasteiger partial charge in [-0.15, -0.1) is 0 Å². The summed E-state index contributed by atoms with van der Waals surface area (Å²) in [5, 5.41) is 4.52. The summed E-state index contributed by atoms with van der Waals surface area (Å²) in [7, 11) is 0. The highest BCUT2D eigenvalue weighted by Crippen LogP contribution is 2.43. The molecule has 240 valence electrons. The average Bonchev–Trinajstić information content (AvgIpc) is 3.72. The predicted octanol–water partition coefficient (Wildman–Crippen LogP) is 7.01. The van der Waals surface area contributed by atoms with Crippen molar-refractivity contribution in [3.05, 3.63) is 70.0 Å². The SMILES string of the molecule is CC(C)(C)OC(=O)N1CCN(CCOc2ccc(C=Nc3c(NCc4cccc(Cl)c4)ncnc3OC3(C)CC3)c(Cl)c2)CC1. The number of anilines is 1. The normalized spacial score (nSPS) is 16.4. The lowest BCUT2D eigenvalue weighted by Gasteiger charge is -2.35. The number of rotatable bonds is 11. The van der Waals surface area contributed by atoms with Crippen LogP contribution in [0, 0.1) is 0 Å². The second-order valence-corrected chi connectivity index (χ2v) is 13.4. The Labute approximate surface area is 274 Å². The quantitative estimate of drug-likeness (QED) is 0.220. The number of ether oxygens (including phenoxy) is 3. The molecule has 2 aliphatic rings. The van der Waals surface area contributed by atoms with Crippen LogP contribution in [0.2, 0.25) is 10.0 Å². The average molecular weight is 656 g/mol. The number of aromatic nitrogens is 2. The molecule has 2 heterocycles. The Morgan fingerprint density at radius 1 is 1.09 bits per heavy atom. The minimum atomic E-state index is -0.495. The molecule has 1 aromatic heterocycles. The second-order valence-electron chi connectivity index (χ2n) is 12.5. The van der Waals surface area contributed by atoms with Gasteiger partial charge in [-0.25, -0.2) is 14.8 Å². The lowest BCUT2D eigenvalue weighted by atomic mass is 10.2. The minimum absolute atomic E-state index is 0.245. The molecule has 0 unspecified atom stereocenters. The van der Waals surface area contributed by atoms with E-state index >= 15 is 0 Å². The van der Waals surface area contributed by atoms with Crippen LogP contribution in [0.4, 0.5) is 16.3 Å². The van der Waals surface area contributed by atoms with Crippen molar-refractivity contribution < 1.29 is 19.0 Å². The van der Waals surface area contributed by atoms with Crippen LogP contribution in [0.25, 0.3) is 0 Å². The molecule has 2 fully saturated rings. The number of hydrogen-bond donors (Lipinski definition) is 1. The Balaban J connectivity index is 1.18. The van der Waals surface area contributed by atoms with Gasteiger partial charge in [0.2, 0.25) is 5.88 Å². The zero-order chi connectivity index (χ0) is 32.0. The molecule has 1 aliphatic carbocycles. The monoisotopic (exact) mass is 654 g/mol. The molecular formula is C33H40Cl2N6O4. The van der Waals surface area contributed by atoms with E-state index in [9.17, 15) is 4.79 Å². The van der Waals surface area contributed by atoms with Crippen LogP contribution >= 0.6 is 23.2 Å². The highest BCUT2D eigenvalue weighted by molar-refractivity contribution is 6.33. The third kappa shape index (κ3) is 9.69. The van der Waals surface area contributed by atoms with E-state index in [0.29, 0.717) is 59.4 Å². The first-order valence-corrected chi connectivity index (χ1v) is 15.9. The largest absolute Gasteiger partial charge is 0.492 e. The van der Waals surface area contributed by atoms with E-state index in [2.05, 4.69) is 27.1 Å². The zero-order valence-electron chi connectivity index (χ0n) is 26.2. The fraction of sp³-hybridized carbons (Fsp3) is 0.455. The van der Waals surface area contributed by atoms with Gasteiger partial charge in [0.05, 0.1) is 5.02 Å². The van der Waals surface area contributed by atoms with Crippen molar-refractivity contribution in [3.63, 3.8) is 0 Å². The number of nitrogens with one attached hydrogen (secondary N) is 1. The third-order valence-electron chi connectivity index (χ3n) is 7.44. The smallest absolute Gasteiger partial charge is 0.410 e. The van der Waals surface area contributed by atoms with Crippen LogP contribution in [-0.4, -0.2) is 82.6 Å². The number of nitrogens with zero attached hydrogens (tertiary/aromatic N) is 5. The molecule has 0 bridgehead atoms. The second kappa shape index (κ2) is 14.2. The van der Waals surface area contributed by atoms with Crippen molar-refractivity contribution in [1.29, 1.82) is 0 Å². The Morgan fingerprint density at radius 2 is 1.87 bits per heavy atom. The third-order valence-corrected chi connectivity index (χ3v) is 8.00. The molecule has 3 aromatic rings. The number of piperazine rings is 1.